The van der Waals surface area contributed by atoms with Crippen molar-refractivity contribution in [2.45, 2.75) is 31.9 Å². The molecule has 1 heterocycles. The van der Waals surface area contributed by atoms with E-state index in [4.69, 9.17) is 5.84 Å². The Balaban J connectivity index is 2.33. The van der Waals surface area contributed by atoms with Crippen LogP contribution in [-0.2, 0) is 6.18 Å². The van der Waals surface area contributed by atoms with Crippen molar-refractivity contribution < 1.29 is 18.0 Å². The highest BCUT2D eigenvalue weighted by molar-refractivity contribution is 5.99. The van der Waals surface area contributed by atoms with Crippen molar-refractivity contribution in [3.63, 3.8) is 0 Å². The molecule has 7 heteroatoms. The van der Waals surface area contributed by atoms with E-state index in [1.165, 1.54) is 6.07 Å². The molecule has 1 aliphatic heterocycles. The molecule has 0 spiro atoms. The van der Waals surface area contributed by atoms with Crippen molar-refractivity contribution >= 4 is 11.6 Å². The number of hydrogen-bond donors (Lipinski definition) is 2. The van der Waals surface area contributed by atoms with Crippen LogP contribution < -0.4 is 11.3 Å². The number of likely N-dealkylation sites (tertiary alicyclic amines) is 1. The summed E-state index contributed by atoms with van der Waals surface area (Å²) in [5.41, 5.74) is 1.62. The molecular weight excluding hydrogens is 283 g/mol. The number of halogens is 3. The predicted octanol–water partition coefficient (Wildman–Crippen LogP) is 3.01. The summed E-state index contributed by atoms with van der Waals surface area (Å²) in [6.07, 6.45) is -0.671. The van der Waals surface area contributed by atoms with Crippen molar-refractivity contribution in [3.05, 3.63) is 29.3 Å². The fourth-order valence-corrected chi connectivity index (χ4v) is 2.47. The molecule has 0 bridgehead atoms. The number of nitrogens with one attached hydrogen (secondary N) is 1. The third kappa shape index (κ3) is 3.66. The van der Waals surface area contributed by atoms with Crippen molar-refractivity contribution in [1.82, 2.24) is 4.90 Å². The molecule has 1 amide bonds. The molecule has 116 valence electrons. The van der Waals surface area contributed by atoms with E-state index in [-0.39, 0.29) is 11.3 Å². The van der Waals surface area contributed by atoms with Crippen molar-refractivity contribution in [2.24, 2.45) is 5.84 Å². The molecule has 0 unspecified atom stereocenters. The van der Waals surface area contributed by atoms with E-state index in [2.05, 4.69) is 5.43 Å². The maximum Gasteiger partial charge on any atom is 0.416 e. The van der Waals surface area contributed by atoms with E-state index in [1.54, 1.807) is 4.90 Å². The third-order valence-electron chi connectivity index (χ3n) is 3.63. The van der Waals surface area contributed by atoms with Gasteiger partial charge in [0.25, 0.3) is 5.91 Å². The first-order valence-electron chi connectivity index (χ1n) is 6.90. The highest BCUT2D eigenvalue weighted by atomic mass is 19.4. The summed E-state index contributed by atoms with van der Waals surface area (Å²) in [6.45, 7) is 1.14. The lowest BCUT2D eigenvalue weighted by Crippen LogP contribution is -2.33. The number of benzene rings is 1. The summed E-state index contributed by atoms with van der Waals surface area (Å²) >= 11 is 0. The molecule has 0 aliphatic carbocycles. The molecule has 0 saturated carbocycles. The standard InChI is InChI=1S/C14H18F3N3O/c15-14(16,17)10-5-6-12(19-18)11(9-10)13(21)20-7-3-1-2-4-8-20/h5-6,9,19H,1-4,7-8,18H2. The van der Waals surface area contributed by atoms with Crippen LogP contribution in [0.5, 0.6) is 0 Å². The molecule has 4 nitrogen and oxygen atoms in total. The number of anilines is 1. The van der Waals surface area contributed by atoms with Gasteiger partial charge in [0, 0.05) is 13.1 Å². The fraction of sp³-hybridized carbons (Fsp3) is 0.500. The fourth-order valence-electron chi connectivity index (χ4n) is 2.47. The molecule has 3 N–H and O–H groups in total. The van der Waals surface area contributed by atoms with Crippen LogP contribution in [0.2, 0.25) is 0 Å². The van der Waals surface area contributed by atoms with E-state index >= 15 is 0 Å². The molecule has 1 saturated heterocycles. The Morgan fingerprint density at radius 1 is 1.14 bits per heavy atom. The number of nitrogens with zero attached hydrogens (tertiary/aromatic N) is 1. The summed E-state index contributed by atoms with van der Waals surface area (Å²) in [4.78, 5) is 14.1. The first kappa shape index (κ1) is 15.6. The van der Waals surface area contributed by atoms with Crippen LogP contribution in [0.3, 0.4) is 0 Å². The second kappa shape index (κ2) is 6.34. The van der Waals surface area contributed by atoms with E-state index in [9.17, 15) is 18.0 Å². The summed E-state index contributed by atoms with van der Waals surface area (Å²) in [7, 11) is 0. The highest BCUT2D eigenvalue weighted by Gasteiger charge is 2.32. The van der Waals surface area contributed by atoms with Gasteiger partial charge in [0.1, 0.15) is 0 Å². The molecule has 1 aromatic carbocycles. The van der Waals surface area contributed by atoms with E-state index < -0.39 is 17.6 Å². The predicted molar refractivity (Wildman–Crippen MR) is 73.6 cm³/mol. The Hall–Kier alpha value is -1.76. The van der Waals surface area contributed by atoms with Gasteiger partial charge in [0.2, 0.25) is 0 Å². The summed E-state index contributed by atoms with van der Waals surface area (Å²) in [5.74, 6) is 4.90. The van der Waals surface area contributed by atoms with Crippen molar-refractivity contribution in [3.8, 4) is 0 Å². The van der Waals surface area contributed by atoms with Gasteiger partial charge in [-0.2, -0.15) is 13.2 Å². The van der Waals surface area contributed by atoms with Crippen molar-refractivity contribution in [1.29, 1.82) is 0 Å². The van der Waals surface area contributed by atoms with Crippen molar-refractivity contribution in [2.75, 3.05) is 18.5 Å². The average Bonchev–Trinajstić information content (AvgIpc) is 2.74. The number of rotatable bonds is 2. The second-order valence-electron chi connectivity index (χ2n) is 5.11. The Morgan fingerprint density at radius 2 is 1.76 bits per heavy atom. The number of carbonyl (C=O) groups excluding carboxylic acids is 1. The molecule has 0 radical (unpaired) electrons. The number of amides is 1. The number of hydrogen-bond acceptors (Lipinski definition) is 3. The Bertz CT molecular complexity index is 509. The molecule has 1 aliphatic rings. The lowest BCUT2D eigenvalue weighted by Gasteiger charge is -2.22. The zero-order chi connectivity index (χ0) is 15.5. The molecule has 2 rings (SSSR count). The van der Waals surface area contributed by atoms with Gasteiger partial charge in [0.05, 0.1) is 16.8 Å². The molecular formula is C14H18F3N3O. The van der Waals surface area contributed by atoms with Gasteiger partial charge in [-0.25, -0.2) is 0 Å². The largest absolute Gasteiger partial charge is 0.416 e. The molecule has 1 fully saturated rings. The van der Waals surface area contributed by atoms with Crippen LogP contribution in [0.4, 0.5) is 18.9 Å². The van der Waals surface area contributed by atoms with Crippen LogP contribution in [-0.4, -0.2) is 23.9 Å². The van der Waals surface area contributed by atoms with E-state index in [0.29, 0.717) is 13.1 Å². The Morgan fingerprint density at radius 3 is 2.29 bits per heavy atom. The maximum atomic E-state index is 12.8. The SMILES string of the molecule is NNc1ccc(C(F)(F)F)cc1C(=O)N1CCCCCC1. The third-order valence-corrected chi connectivity index (χ3v) is 3.63. The molecule has 1 aromatic rings. The smallest absolute Gasteiger partial charge is 0.339 e. The Kier molecular flexibility index (Phi) is 4.72. The summed E-state index contributed by atoms with van der Waals surface area (Å²) < 4.78 is 38.4. The maximum absolute atomic E-state index is 12.8. The molecule has 0 aromatic heterocycles. The van der Waals surface area contributed by atoms with Crippen LogP contribution >= 0.6 is 0 Å². The molecule has 0 atom stereocenters. The van der Waals surface area contributed by atoms with Gasteiger partial charge in [-0.1, -0.05) is 12.8 Å². The number of carbonyl (C=O) groups is 1. The first-order valence-corrected chi connectivity index (χ1v) is 6.90. The van der Waals surface area contributed by atoms with E-state index in [0.717, 1.165) is 37.8 Å². The minimum absolute atomic E-state index is 0.0331. The lowest BCUT2D eigenvalue weighted by molar-refractivity contribution is -0.137. The zero-order valence-corrected chi connectivity index (χ0v) is 11.5. The zero-order valence-electron chi connectivity index (χ0n) is 11.5. The van der Waals surface area contributed by atoms with Crippen LogP contribution in [0.25, 0.3) is 0 Å². The molecule has 21 heavy (non-hydrogen) atoms. The quantitative estimate of drug-likeness (QED) is 0.652. The van der Waals surface area contributed by atoms with Gasteiger partial charge in [-0.05, 0) is 31.0 Å². The average molecular weight is 301 g/mol. The van der Waals surface area contributed by atoms with Crippen LogP contribution in [0.1, 0.15) is 41.6 Å². The topological polar surface area (TPSA) is 58.4 Å². The van der Waals surface area contributed by atoms with Gasteiger partial charge >= 0.3 is 6.18 Å². The normalized spacial score (nSPS) is 16.5. The van der Waals surface area contributed by atoms with Gasteiger partial charge in [-0.3, -0.25) is 10.6 Å². The number of alkyl halides is 3. The number of nitrogen functional groups attached to an aromatic ring is 1. The number of nitrogens with two attached hydrogens (primary N) is 1. The van der Waals surface area contributed by atoms with Crippen LogP contribution in [0.15, 0.2) is 18.2 Å². The first-order chi connectivity index (χ1) is 9.93. The van der Waals surface area contributed by atoms with E-state index in [1.807, 2.05) is 0 Å². The lowest BCUT2D eigenvalue weighted by atomic mass is 10.1. The monoisotopic (exact) mass is 301 g/mol. The van der Waals surface area contributed by atoms with Gasteiger partial charge < -0.3 is 10.3 Å². The second-order valence-corrected chi connectivity index (χ2v) is 5.11. The summed E-state index contributed by atoms with van der Waals surface area (Å²) in [6, 6.07) is 2.96. The Labute approximate surface area is 121 Å². The minimum atomic E-state index is -4.49. The van der Waals surface area contributed by atoms with Gasteiger partial charge in [0.15, 0.2) is 0 Å². The highest BCUT2D eigenvalue weighted by Crippen LogP contribution is 2.32. The van der Waals surface area contributed by atoms with Crippen LogP contribution in [0, 0.1) is 0 Å². The minimum Gasteiger partial charge on any atom is -0.339 e. The number of hydrazine groups is 1. The summed E-state index contributed by atoms with van der Waals surface area (Å²) in [5, 5.41) is 0. The van der Waals surface area contributed by atoms with Gasteiger partial charge in [-0.15, -0.1) is 0 Å².